The van der Waals surface area contributed by atoms with Gasteiger partial charge in [-0.3, -0.25) is 0 Å². The van der Waals surface area contributed by atoms with Gasteiger partial charge in [0.25, 0.3) is 0 Å². The normalized spacial score (nSPS) is 23.9. The summed E-state index contributed by atoms with van der Waals surface area (Å²) in [6, 6.07) is 2.88. The molecule has 0 bridgehead atoms. The van der Waals surface area contributed by atoms with E-state index < -0.39 is 17.7 Å². The molecule has 2 aliphatic heterocycles. The van der Waals surface area contributed by atoms with Crippen LogP contribution in [-0.2, 0) is 10.3 Å². The summed E-state index contributed by atoms with van der Waals surface area (Å²) in [5.41, 5.74) is 0.141. The van der Waals surface area contributed by atoms with Crippen molar-refractivity contribution in [1.82, 2.24) is 5.32 Å². The lowest BCUT2D eigenvalue weighted by Crippen LogP contribution is -2.40. The molecule has 1 atom stereocenters. The van der Waals surface area contributed by atoms with Gasteiger partial charge in [-0.25, -0.2) is 4.39 Å². The molecule has 6 heteroatoms. The highest BCUT2D eigenvalue weighted by atomic mass is 19.1. The standard InChI is InChI=1S/C14H18FNO4/c15-11-8-9(19-6-5-17)7-10-12(11)14(20-13(10)18)1-3-16-4-2-14/h7-8,13,16-18H,1-6H2. The molecular weight excluding hydrogens is 265 g/mol. The lowest BCUT2D eigenvalue weighted by Gasteiger charge is -2.34. The largest absolute Gasteiger partial charge is 0.491 e. The Morgan fingerprint density at radius 2 is 2.15 bits per heavy atom. The Hall–Kier alpha value is -1.21. The van der Waals surface area contributed by atoms with Crippen LogP contribution in [0.25, 0.3) is 0 Å². The second-order valence-corrected chi connectivity index (χ2v) is 5.16. The molecule has 110 valence electrons. The molecule has 0 saturated carbocycles. The number of fused-ring (bicyclic) bond motifs is 2. The van der Waals surface area contributed by atoms with Gasteiger partial charge in [0.15, 0.2) is 6.29 Å². The minimum absolute atomic E-state index is 0.0875. The van der Waals surface area contributed by atoms with Gasteiger partial charge in [0.1, 0.15) is 23.8 Å². The molecule has 1 aromatic rings. The highest BCUT2D eigenvalue weighted by Gasteiger charge is 2.47. The van der Waals surface area contributed by atoms with Gasteiger partial charge in [0.2, 0.25) is 0 Å². The smallest absolute Gasteiger partial charge is 0.182 e. The summed E-state index contributed by atoms with van der Waals surface area (Å²) in [4.78, 5) is 0. The Balaban J connectivity index is 1.99. The maximum absolute atomic E-state index is 14.4. The molecule has 0 aliphatic carbocycles. The Kier molecular flexibility index (Phi) is 3.64. The summed E-state index contributed by atoms with van der Waals surface area (Å²) >= 11 is 0. The SMILES string of the molecule is OCCOc1cc(F)c2c(c1)C(O)OC21CCNCC1. The van der Waals surface area contributed by atoms with E-state index >= 15 is 0 Å². The predicted octanol–water partition coefficient (Wildman–Crippen LogP) is 0.797. The summed E-state index contributed by atoms with van der Waals surface area (Å²) in [6.45, 7) is 1.40. The third-order valence-corrected chi connectivity index (χ3v) is 3.92. The van der Waals surface area contributed by atoms with E-state index in [9.17, 15) is 9.50 Å². The number of benzene rings is 1. The Morgan fingerprint density at radius 1 is 1.40 bits per heavy atom. The van der Waals surface area contributed by atoms with Crippen LogP contribution < -0.4 is 10.1 Å². The monoisotopic (exact) mass is 283 g/mol. The van der Waals surface area contributed by atoms with Crippen molar-refractivity contribution in [2.75, 3.05) is 26.3 Å². The van der Waals surface area contributed by atoms with Gasteiger partial charge in [-0.15, -0.1) is 0 Å². The molecule has 1 fully saturated rings. The summed E-state index contributed by atoms with van der Waals surface area (Å²) in [5, 5.41) is 22.0. The van der Waals surface area contributed by atoms with E-state index in [4.69, 9.17) is 14.6 Å². The predicted molar refractivity (Wildman–Crippen MR) is 68.8 cm³/mol. The van der Waals surface area contributed by atoms with Crippen molar-refractivity contribution in [2.24, 2.45) is 0 Å². The van der Waals surface area contributed by atoms with Gasteiger partial charge in [-0.1, -0.05) is 0 Å². The van der Waals surface area contributed by atoms with Crippen LogP contribution in [0.4, 0.5) is 4.39 Å². The first-order valence-electron chi connectivity index (χ1n) is 6.80. The van der Waals surface area contributed by atoms with Gasteiger partial charge >= 0.3 is 0 Å². The number of ether oxygens (including phenoxy) is 2. The van der Waals surface area contributed by atoms with E-state index in [2.05, 4.69) is 5.32 Å². The van der Waals surface area contributed by atoms with Crippen molar-refractivity contribution in [3.63, 3.8) is 0 Å². The lowest BCUT2D eigenvalue weighted by atomic mass is 9.84. The number of aliphatic hydroxyl groups excluding tert-OH is 2. The van der Waals surface area contributed by atoms with Gasteiger partial charge in [0.05, 0.1) is 6.61 Å². The van der Waals surface area contributed by atoms with Gasteiger partial charge in [-0.2, -0.15) is 0 Å². The van der Waals surface area contributed by atoms with Gasteiger partial charge in [-0.05, 0) is 32.0 Å². The van der Waals surface area contributed by atoms with E-state index in [0.717, 1.165) is 13.1 Å². The first-order chi connectivity index (χ1) is 9.66. The summed E-state index contributed by atoms with van der Waals surface area (Å²) in [6.07, 6.45) is 0.130. The van der Waals surface area contributed by atoms with Crippen LogP contribution in [0.3, 0.4) is 0 Å². The summed E-state index contributed by atoms with van der Waals surface area (Å²) in [5.74, 6) is -0.127. The fraction of sp³-hybridized carbons (Fsp3) is 0.571. The van der Waals surface area contributed by atoms with Crippen molar-refractivity contribution in [2.45, 2.75) is 24.7 Å². The quantitative estimate of drug-likeness (QED) is 0.765. The van der Waals surface area contributed by atoms with Crippen molar-refractivity contribution in [1.29, 1.82) is 0 Å². The second-order valence-electron chi connectivity index (χ2n) is 5.16. The Morgan fingerprint density at radius 3 is 2.85 bits per heavy atom. The van der Waals surface area contributed by atoms with E-state index in [1.54, 1.807) is 6.07 Å². The fourth-order valence-corrected chi connectivity index (χ4v) is 3.06. The molecule has 5 nitrogen and oxygen atoms in total. The molecule has 3 rings (SSSR count). The highest BCUT2D eigenvalue weighted by Crippen LogP contribution is 2.49. The summed E-state index contributed by atoms with van der Waals surface area (Å²) in [7, 11) is 0. The van der Waals surface area contributed by atoms with Crippen LogP contribution >= 0.6 is 0 Å². The number of hydrogen-bond donors (Lipinski definition) is 3. The number of halogens is 1. The molecule has 0 aromatic heterocycles. The van der Waals surface area contributed by atoms with Crippen LogP contribution in [0.2, 0.25) is 0 Å². The zero-order valence-electron chi connectivity index (χ0n) is 11.1. The third-order valence-electron chi connectivity index (χ3n) is 3.92. The second kappa shape index (κ2) is 5.29. The zero-order chi connectivity index (χ0) is 14.2. The summed E-state index contributed by atoms with van der Waals surface area (Å²) < 4.78 is 25.3. The maximum Gasteiger partial charge on any atom is 0.182 e. The van der Waals surface area contributed by atoms with E-state index in [0.29, 0.717) is 29.7 Å². The first-order valence-corrected chi connectivity index (χ1v) is 6.80. The molecule has 1 aromatic carbocycles. The molecular formula is C14H18FNO4. The number of piperidine rings is 1. The van der Waals surface area contributed by atoms with Crippen LogP contribution in [0.5, 0.6) is 5.75 Å². The number of nitrogens with one attached hydrogen (secondary N) is 1. The van der Waals surface area contributed by atoms with Gasteiger partial charge in [0, 0.05) is 17.2 Å². The van der Waals surface area contributed by atoms with Gasteiger partial charge < -0.3 is 25.0 Å². The fourth-order valence-electron chi connectivity index (χ4n) is 3.06. The van der Waals surface area contributed by atoms with Crippen molar-refractivity contribution >= 4 is 0 Å². The molecule has 1 unspecified atom stereocenters. The first kappa shape index (κ1) is 13.8. The van der Waals surface area contributed by atoms with E-state index in [-0.39, 0.29) is 13.2 Å². The third kappa shape index (κ3) is 2.18. The molecule has 0 radical (unpaired) electrons. The molecule has 2 aliphatic rings. The van der Waals surface area contributed by atoms with Crippen LogP contribution in [0, 0.1) is 5.82 Å². The molecule has 1 spiro atoms. The highest BCUT2D eigenvalue weighted by molar-refractivity contribution is 5.44. The van der Waals surface area contributed by atoms with Crippen LogP contribution in [0.1, 0.15) is 30.3 Å². The topological polar surface area (TPSA) is 71.0 Å². The maximum atomic E-state index is 14.4. The molecule has 3 N–H and O–H groups in total. The number of aliphatic hydroxyl groups is 2. The zero-order valence-corrected chi connectivity index (χ0v) is 11.1. The minimum atomic E-state index is -1.13. The van der Waals surface area contributed by atoms with Crippen LogP contribution in [-0.4, -0.2) is 36.5 Å². The van der Waals surface area contributed by atoms with Crippen LogP contribution in [0.15, 0.2) is 12.1 Å². The average molecular weight is 283 g/mol. The molecule has 20 heavy (non-hydrogen) atoms. The van der Waals surface area contributed by atoms with Crippen molar-refractivity contribution in [3.05, 3.63) is 29.1 Å². The number of rotatable bonds is 3. The van der Waals surface area contributed by atoms with E-state index in [1.165, 1.54) is 6.07 Å². The molecule has 2 heterocycles. The average Bonchev–Trinajstić information content (AvgIpc) is 2.70. The molecule has 1 saturated heterocycles. The lowest BCUT2D eigenvalue weighted by molar-refractivity contribution is -0.182. The van der Waals surface area contributed by atoms with E-state index in [1.807, 2.05) is 0 Å². The minimum Gasteiger partial charge on any atom is -0.491 e. The number of hydrogen-bond acceptors (Lipinski definition) is 5. The van der Waals surface area contributed by atoms with Crippen molar-refractivity contribution < 1.29 is 24.1 Å². The Bertz CT molecular complexity index is 502. The Labute approximate surface area is 116 Å². The molecule has 0 amide bonds. The van der Waals surface area contributed by atoms with Crippen molar-refractivity contribution in [3.8, 4) is 5.75 Å².